The van der Waals surface area contributed by atoms with Crippen molar-refractivity contribution in [2.24, 2.45) is 0 Å². The van der Waals surface area contributed by atoms with Crippen LogP contribution in [-0.2, 0) is 0 Å². The maximum absolute atomic E-state index is 10.8. The van der Waals surface area contributed by atoms with E-state index in [1.807, 2.05) is 24.3 Å². The van der Waals surface area contributed by atoms with E-state index in [1.54, 1.807) is 49.1 Å². The molecule has 20 heteroatoms. The third-order valence-corrected chi connectivity index (χ3v) is 7.31. The van der Waals surface area contributed by atoms with Crippen molar-refractivity contribution in [3.05, 3.63) is 164 Å². The van der Waals surface area contributed by atoms with E-state index in [1.165, 1.54) is 55.0 Å². The predicted molar refractivity (Wildman–Crippen MR) is 202 cm³/mol. The lowest BCUT2D eigenvalue weighted by atomic mass is 10.2. The van der Waals surface area contributed by atoms with Gasteiger partial charge in [0.05, 0.1) is 26.1 Å². The number of nitrogens with zero attached hydrogens (tertiary/aromatic N) is 10. The van der Waals surface area contributed by atoms with Crippen molar-refractivity contribution in [1.29, 1.82) is 0 Å². The number of nitro groups is 3. The Morgan fingerprint density at radius 1 is 0.455 bits per heavy atom. The number of anilines is 2. The van der Waals surface area contributed by atoms with Crippen LogP contribution < -0.4 is 11.5 Å². The van der Waals surface area contributed by atoms with Crippen LogP contribution in [0.2, 0.25) is 5.15 Å². The fourth-order valence-electron chi connectivity index (χ4n) is 4.62. The molecule has 8 aromatic heterocycles. The summed E-state index contributed by atoms with van der Waals surface area (Å²) in [5.41, 5.74) is 16.2. The Labute approximate surface area is 313 Å². The third-order valence-electron chi connectivity index (χ3n) is 7.01. The van der Waals surface area contributed by atoms with Gasteiger partial charge in [0.1, 0.15) is 22.4 Å². The number of pyridine rings is 7. The molecule has 0 aromatic carbocycles. The number of aromatic nitrogens is 7. The molecule has 0 unspecified atom stereocenters. The van der Waals surface area contributed by atoms with E-state index in [2.05, 4.69) is 34.9 Å². The van der Waals surface area contributed by atoms with Crippen LogP contribution in [0.4, 0.5) is 28.4 Å². The van der Waals surface area contributed by atoms with Gasteiger partial charge in [-0.15, -0.1) is 0 Å². The number of halogens is 1. The highest BCUT2D eigenvalue weighted by atomic mass is 35.5. The number of rotatable bonds is 5. The Kier molecular flexibility index (Phi) is 12.4. The molecule has 55 heavy (non-hydrogen) atoms. The molecule has 0 amide bonds. The summed E-state index contributed by atoms with van der Waals surface area (Å²) >= 11 is 5.37. The second-order valence-electron chi connectivity index (χ2n) is 10.5. The Morgan fingerprint density at radius 2 is 0.782 bits per heavy atom. The molecular weight excluding hydrogens is 736 g/mol. The highest BCUT2D eigenvalue weighted by Crippen LogP contribution is 2.32. The van der Waals surface area contributed by atoms with Crippen molar-refractivity contribution in [1.82, 2.24) is 34.9 Å². The van der Waals surface area contributed by atoms with Crippen LogP contribution in [0.15, 0.2) is 133 Å². The summed E-state index contributed by atoms with van der Waals surface area (Å²) in [5.74, 6) is 0. The second-order valence-corrected chi connectivity index (χ2v) is 10.9. The largest absolute Gasteiger partial charge is 0.453 e. The molecule has 8 rings (SSSR count). The topological polar surface area (TPSA) is 285 Å². The SMILES string of the molecule is Nc1cccnc1-c1ncccc1N.O=[N+]([O-])c1cccnc1-c1ncccc1[N+](=O)[O-].O=[N+]([O-])c1cccnc1Cl.c1cnc2c(c1)oc1cccnc12. The average Bonchev–Trinajstić information content (AvgIpc) is 3.58. The van der Waals surface area contributed by atoms with Crippen LogP contribution in [0.1, 0.15) is 0 Å². The van der Waals surface area contributed by atoms with Gasteiger partial charge < -0.3 is 15.9 Å². The minimum absolute atomic E-state index is 0.0764. The summed E-state index contributed by atoms with van der Waals surface area (Å²) in [4.78, 5) is 57.8. The Bertz CT molecular complexity index is 2480. The normalized spacial score (nSPS) is 10.1. The van der Waals surface area contributed by atoms with E-state index < -0.39 is 14.8 Å². The van der Waals surface area contributed by atoms with Gasteiger partial charge in [-0.2, -0.15) is 0 Å². The van der Waals surface area contributed by atoms with Gasteiger partial charge in [0, 0.05) is 61.6 Å². The lowest BCUT2D eigenvalue weighted by molar-refractivity contribution is -0.386. The highest BCUT2D eigenvalue weighted by Gasteiger charge is 2.25. The fraction of sp³-hybridized carbons (Fsp3) is 0. The Balaban J connectivity index is 0.000000143. The lowest BCUT2D eigenvalue weighted by Crippen LogP contribution is -1.99. The summed E-state index contributed by atoms with van der Waals surface area (Å²) in [6.45, 7) is 0. The van der Waals surface area contributed by atoms with Gasteiger partial charge in [0.2, 0.25) is 5.15 Å². The average molecular weight is 761 g/mol. The lowest BCUT2D eigenvalue weighted by Gasteiger charge is -2.05. The molecule has 0 radical (unpaired) electrons. The summed E-state index contributed by atoms with van der Waals surface area (Å²) in [7, 11) is 0. The minimum Gasteiger partial charge on any atom is -0.453 e. The van der Waals surface area contributed by atoms with Gasteiger partial charge in [-0.05, 0) is 66.7 Å². The van der Waals surface area contributed by atoms with Crippen LogP contribution in [0.25, 0.3) is 45.0 Å². The first kappa shape index (κ1) is 38.2. The molecule has 0 aliphatic carbocycles. The number of fused-ring (bicyclic) bond motifs is 3. The number of furan rings is 1. The molecule has 0 atom stereocenters. The van der Waals surface area contributed by atoms with E-state index in [-0.39, 0.29) is 33.6 Å². The smallest absolute Gasteiger partial charge is 0.306 e. The number of nitrogens with two attached hydrogens (primary N) is 2. The maximum atomic E-state index is 10.8. The number of nitrogen functional groups attached to an aromatic ring is 2. The van der Waals surface area contributed by atoms with Gasteiger partial charge in [0.15, 0.2) is 22.6 Å². The Hall–Kier alpha value is -8.06. The highest BCUT2D eigenvalue weighted by molar-refractivity contribution is 6.31. The zero-order valence-electron chi connectivity index (χ0n) is 28.0. The molecule has 0 fully saturated rings. The van der Waals surface area contributed by atoms with Crippen molar-refractivity contribution in [2.45, 2.75) is 0 Å². The summed E-state index contributed by atoms with van der Waals surface area (Å²) in [5, 5.41) is 31.7. The third kappa shape index (κ3) is 9.44. The first-order valence-corrected chi connectivity index (χ1v) is 15.9. The molecule has 0 aliphatic rings. The first-order chi connectivity index (χ1) is 26.6. The van der Waals surface area contributed by atoms with E-state index in [0.29, 0.717) is 22.8 Å². The molecule has 8 heterocycles. The van der Waals surface area contributed by atoms with Gasteiger partial charge >= 0.3 is 5.69 Å². The molecule has 19 nitrogen and oxygen atoms in total. The zero-order valence-corrected chi connectivity index (χ0v) is 28.7. The quantitative estimate of drug-likeness (QED) is 0.0988. The summed E-state index contributed by atoms with van der Waals surface area (Å²) < 4.78 is 5.53. The van der Waals surface area contributed by atoms with Crippen molar-refractivity contribution >= 4 is 62.2 Å². The summed E-state index contributed by atoms with van der Waals surface area (Å²) in [6.07, 6.45) is 10.9. The first-order valence-electron chi connectivity index (χ1n) is 15.5. The van der Waals surface area contributed by atoms with Crippen LogP contribution in [0.3, 0.4) is 0 Å². The standard InChI is InChI=1S/C10H6N4O4.C10H10N4.C10H6N2O.C5H3ClN2O2/c15-13(16)7-3-1-5-11-9(7)10-8(14(17)18)4-2-6-12-10;11-7-3-1-5-13-9(7)10-8(12)4-2-6-14-10;1-3-7-9(11-5-1)10-8(13-7)4-2-6-12-10;6-5-4(8(9)10)2-1-3-7-5/h1-6H;1-6H,11-12H2;1-6H;1-3H. The molecule has 0 saturated carbocycles. The van der Waals surface area contributed by atoms with E-state index in [4.69, 9.17) is 27.5 Å². The van der Waals surface area contributed by atoms with Crippen molar-refractivity contribution < 1.29 is 19.2 Å². The number of hydrogen-bond donors (Lipinski definition) is 2. The van der Waals surface area contributed by atoms with Crippen molar-refractivity contribution in [2.75, 3.05) is 11.5 Å². The molecule has 0 bridgehead atoms. The van der Waals surface area contributed by atoms with Crippen LogP contribution in [0.5, 0.6) is 0 Å². The molecule has 4 N–H and O–H groups in total. The minimum atomic E-state index is -0.652. The zero-order chi connectivity index (χ0) is 39.3. The molecule has 0 aliphatic heterocycles. The predicted octanol–water partition coefficient (Wildman–Crippen LogP) is 7.29. The molecular formula is C35H25ClN12O7. The van der Waals surface area contributed by atoms with Gasteiger partial charge in [0.25, 0.3) is 11.4 Å². The van der Waals surface area contributed by atoms with Crippen LogP contribution in [-0.4, -0.2) is 49.7 Å². The van der Waals surface area contributed by atoms with Gasteiger partial charge in [-0.1, -0.05) is 11.6 Å². The second kappa shape index (κ2) is 17.9. The van der Waals surface area contributed by atoms with Crippen LogP contribution in [0, 0.1) is 30.3 Å². The van der Waals surface area contributed by atoms with Gasteiger partial charge in [-0.3, -0.25) is 50.3 Å². The van der Waals surface area contributed by atoms with Crippen molar-refractivity contribution in [3.8, 4) is 22.8 Å². The molecule has 0 saturated heterocycles. The van der Waals surface area contributed by atoms with E-state index in [9.17, 15) is 30.3 Å². The van der Waals surface area contributed by atoms with Gasteiger partial charge in [-0.25, -0.2) is 15.0 Å². The molecule has 0 spiro atoms. The van der Waals surface area contributed by atoms with E-state index in [0.717, 1.165) is 22.2 Å². The fourth-order valence-corrected chi connectivity index (χ4v) is 4.81. The maximum Gasteiger partial charge on any atom is 0.306 e. The van der Waals surface area contributed by atoms with E-state index >= 15 is 0 Å². The molecule has 274 valence electrons. The summed E-state index contributed by atoms with van der Waals surface area (Å²) in [6, 6.07) is 22.6. The molecule has 8 aromatic rings. The van der Waals surface area contributed by atoms with Crippen molar-refractivity contribution in [3.63, 3.8) is 0 Å². The van der Waals surface area contributed by atoms with Crippen LogP contribution >= 0.6 is 11.6 Å². The number of hydrogen-bond acceptors (Lipinski definition) is 16. The Morgan fingerprint density at radius 3 is 1.15 bits per heavy atom. The monoisotopic (exact) mass is 760 g/mol.